The Morgan fingerprint density at radius 2 is 2.05 bits per heavy atom. The standard InChI is InChI=1S/C16H13N3O2/c1-3-15(20)21-14-9-5-8-13-16(14)18-19(17-13)12-7-4-6-11(2)10-12/h3-10H,1H2,2H3. The minimum absolute atomic E-state index is 0.372. The van der Waals surface area contributed by atoms with Crippen molar-refractivity contribution in [2.45, 2.75) is 6.92 Å². The fraction of sp³-hybridized carbons (Fsp3) is 0.0625. The van der Waals surface area contributed by atoms with Gasteiger partial charge < -0.3 is 4.74 Å². The third-order valence-electron chi connectivity index (χ3n) is 2.98. The van der Waals surface area contributed by atoms with E-state index in [-0.39, 0.29) is 0 Å². The normalized spacial score (nSPS) is 10.5. The number of hydrogen-bond acceptors (Lipinski definition) is 4. The lowest BCUT2D eigenvalue weighted by molar-refractivity contribution is -0.128. The minimum Gasteiger partial charge on any atom is -0.421 e. The van der Waals surface area contributed by atoms with Gasteiger partial charge in [-0.25, -0.2) is 4.79 Å². The van der Waals surface area contributed by atoms with E-state index in [1.54, 1.807) is 12.1 Å². The molecule has 5 heteroatoms. The molecule has 0 radical (unpaired) electrons. The van der Waals surface area contributed by atoms with Gasteiger partial charge in [-0.1, -0.05) is 24.8 Å². The monoisotopic (exact) mass is 279 g/mol. The van der Waals surface area contributed by atoms with Crippen molar-refractivity contribution >= 4 is 17.0 Å². The van der Waals surface area contributed by atoms with Crippen LogP contribution < -0.4 is 4.74 Å². The van der Waals surface area contributed by atoms with E-state index in [2.05, 4.69) is 16.8 Å². The van der Waals surface area contributed by atoms with E-state index in [1.165, 1.54) is 4.80 Å². The van der Waals surface area contributed by atoms with Gasteiger partial charge in [-0.15, -0.1) is 10.2 Å². The fourth-order valence-electron chi connectivity index (χ4n) is 2.01. The van der Waals surface area contributed by atoms with Crippen LogP contribution in [0, 0.1) is 6.92 Å². The van der Waals surface area contributed by atoms with Crippen LogP contribution in [-0.4, -0.2) is 21.0 Å². The van der Waals surface area contributed by atoms with Gasteiger partial charge in [-0.3, -0.25) is 0 Å². The lowest BCUT2D eigenvalue weighted by Gasteiger charge is -2.00. The molecule has 3 rings (SSSR count). The van der Waals surface area contributed by atoms with Crippen LogP contribution >= 0.6 is 0 Å². The topological polar surface area (TPSA) is 57.0 Å². The van der Waals surface area contributed by atoms with E-state index in [9.17, 15) is 4.79 Å². The zero-order valence-corrected chi connectivity index (χ0v) is 11.5. The van der Waals surface area contributed by atoms with E-state index >= 15 is 0 Å². The van der Waals surface area contributed by atoms with Crippen molar-refractivity contribution in [1.29, 1.82) is 0 Å². The van der Waals surface area contributed by atoms with Crippen molar-refractivity contribution < 1.29 is 9.53 Å². The molecule has 0 aliphatic rings. The van der Waals surface area contributed by atoms with Crippen molar-refractivity contribution in [2.75, 3.05) is 0 Å². The number of esters is 1. The van der Waals surface area contributed by atoms with Crippen LogP contribution in [0.1, 0.15) is 5.56 Å². The van der Waals surface area contributed by atoms with Crippen LogP contribution in [0.4, 0.5) is 0 Å². The number of carbonyl (C=O) groups excluding carboxylic acids is 1. The van der Waals surface area contributed by atoms with E-state index in [0.29, 0.717) is 16.8 Å². The average molecular weight is 279 g/mol. The minimum atomic E-state index is -0.521. The first-order chi connectivity index (χ1) is 10.2. The molecule has 0 N–H and O–H groups in total. The van der Waals surface area contributed by atoms with Gasteiger partial charge in [-0.05, 0) is 36.8 Å². The summed E-state index contributed by atoms with van der Waals surface area (Å²) in [4.78, 5) is 12.9. The summed E-state index contributed by atoms with van der Waals surface area (Å²) in [6.07, 6.45) is 1.11. The largest absolute Gasteiger partial charge is 0.421 e. The molecule has 0 unspecified atom stereocenters. The van der Waals surface area contributed by atoms with E-state index < -0.39 is 5.97 Å². The maximum Gasteiger partial charge on any atom is 0.335 e. The molecule has 1 aromatic heterocycles. The quantitative estimate of drug-likeness (QED) is 0.420. The van der Waals surface area contributed by atoms with Crippen molar-refractivity contribution in [3.63, 3.8) is 0 Å². The van der Waals surface area contributed by atoms with Gasteiger partial charge >= 0.3 is 5.97 Å². The molecular weight excluding hydrogens is 266 g/mol. The van der Waals surface area contributed by atoms with E-state index in [0.717, 1.165) is 17.3 Å². The second-order valence-corrected chi connectivity index (χ2v) is 4.58. The van der Waals surface area contributed by atoms with Gasteiger partial charge in [0.1, 0.15) is 5.52 Å². The number of benzene rings is 2. The van der Waals surface area contributed by atoms with Gasteiger partial charge in [0, 0.05) is 6.08 Å². The van der Waals surface area contributed by atoms with Crippen LogP contribution in [-0.2, 0) is 4.79 Å². The molecule has 0 fully saturated rings. The van der Waals surface area contributed by atoms with Crippen LogP contribution in [0.3, 0.4) is 0 Å². The first-order valence-corrected chi connectivity index (χ1v) is 6.45. The van der Waals surface area contributed by atoms with E-state index in [1.807, 2.05) is 37.3 Å². The van der Waals surface area contributed by atoms with Crippen LogP contribution in [0.25, 0.3) is 16.7 Å². The second-order valence-electron chi connectivity index (χ2n) is 4.58. The van der Waals surface area contributed by atoms with Gasteiger partial charge in [0.15, 0.2) is 11.3 Å². The summed E-state index contributed by atoms with van der Waals surface area (Å²) in [6.45, 7) is 5.39. The summed E-state index contributed by atoms with van der Waals surface area (Å²) < 4.78 is 5.18. The summed E-state index contributed by atoms with van der Waals surface area (Å²) in [5.74, 6) is -0.149. The third kappa shape index (κ3) is 2.53. The molecule has 3 aromatic rings. The zero-order chi connectivity index (χ0) is 14.8. The molecule has 0 bridgehead atoms. The SMILES string of the molecule is C=CC(=O)Oc1cccc2nn(-c3cccc(C)c3)nc12. The first-order valence-electron chi connectivity index (χ1n) is 6.45. The molecular formula is C16H13N3O2. The summed E-state index contributed by atoms with van der Waals surface area (Å²) >= 11 is 0. The van der Waals surface area contributed by atoms with E-state index in [4.69, 9.17) is 4.74 Å². The Hall–Kier alpha value is -2.95. The third-order valence-corrected chi connectivity index (χ3v) is 2.98. The Bertz CT molecular complexity index is 836. The van der Waals surface area contributed by atoms with Gasteiger partial charge in [-0.2, -0.15) is 4.80 Å². The maximum atomic E-state index is 11.4. The smallest absolute Gasteiger partial charge is 0.335 e. The Morgan fingerprint density at radius 3 is 2.81 bits per heavy atom. The number of hydrogen-bond donors (Lipinski definition) is 0. The lowest BCUT2D eigenvalue weighted by atomic mass is 10.2. The van der Waals surface area contributed by atoms with Crippen molar-refractivity contribution in [2.24, 2.45) is 0 Å². The number of ether oxygens (including phenoxy) is 1. The maximum absolute atomic E-state index is 11.4. The molecule has 0 saturated heterocycles. The zero-order valence-electron chi connectivity index (χ0n) is 11.5. The molecule has 0 amide bonds. The molecule has 2 aromatic carbocycles. The molecule has 0 atom stereocenters. The van der Waals surface area contributed by atoms with Crippen molar-refractivity contribution in [3.05, 3.63) is 60.7 Å². The van der Waals surface area contributed by atoms with Crippen LogP contribution in [0.15, 0.2) is 55.1 Å². The lowest BCUT2D eigenvalue weighted by Crippen LogP contribution is -2.03. The molecule has 0 aliphatic carbocycles. The highest BCUT2D eigenvalue weighted by Crippen LogP contribution is 2.23. The highest BCUT2D eigenvalue weighted by molar-refractivity contribution is 5.88. The number of nitrogens with zero attached hydrogens (tertiary/aromatic N) is 3. The summed E-state index contributed by atoms with van der Waals surface area (Å²) in [5, 5.41) is 8.81. The number of fused-ring (bicyclic) bond motifs is 1. The van der Waals surface area contributed by atoms with Gasteiger partial charge in [0.2, 0.25) is 0 Å². The average Bonchev–Trinajstić information content (AvgIpc) is 2.92. The fourth-order valence-corrected chi connectivity index (χ4v) is 2.01. The molecule has 0 saturated carbocycles. The molecule has 0 spiro atoms. The number of rotatable bonds is 3. The number of aromatic nitrogens is 3. The number of carbonyl (C=O) groups is 1. The Kier molecular flexibility index (Phi) is 3.23. The first kappa shape index (κ1) is 13.1. The molecule has 5 nitrogen and oxygen atoms in total. The van der Waals surface area contributed by atoms with Gasteiger partial charge in [0.05, 0.1) is 5.69 Å². The molecule has 104 valence electrons. The molecule has 0 aliphatic heterocycles. The summed E-state index contributed by atoms with van der Waals surface area (Å²) in [5.41, 5.74) is 3.17. The van der Waals surface area contributed by atoms with Crippen molar-refractivity contribution in [1.82, 2.24) is 15.0 Å². The molecule has 21 heavy (non-hydrogen) atoms. The molecule has 1 heterocycles. The highest BCUT2D eigenvalue weighted by atomic mass is 16.5. The van der Waals surface area contributed by atoms with Crippen molar-refractivity contribution in [3.8, 4) is 11.4 Å². The Balaban J connectivity index is 2.09. The van der Waals surface area contributed by atoms with Gasteiger partial charge in [0.25, 0.3) is 0 Å². The second kappa shape index (κ2) is 5.20. The summed E-state index contributed by atoms with van der Waals surface area (Å²) in [6, 6.07) is 13.1. The Morgan fingerprint density at radius 1 is 1.24 bits per heavy atom. The van der Waals surface area contributed by atoms with Crippen LogP contribution in [0.2, 0.25) is 0 Å². The predicted octanol–water partition coefficient (Wildman–Crippen LogP) is 2.82. The van der Waals surface area contributed by atoms with Crippen LogP contribution in [0.5, 0.6) is 5.75 Å². The number of aryl methyl sites for hydroxylation is 1. The summed E-state index contributed by atoms with van der Waals surface area (Å²) in [7, 11) is 0. The Labute approximate surface area is 121 Å². The highest BCUT2D eigenvalue weighted by Gasteiger charge is 2.11. The predicted molar refractivity (Wildman–Crippen MR) is 79.4 cm³/mol.